The highest BCUT2D eigenvalue weighted by Gasteiger charge is 2.19. The van der Waals surface area contributed by atoms with Crippen molar-refractivity contribution in [3.63, 3.8) is 0 Å². The van der Waals surface area contributed by atoms with Crippen molar-refractivity contribution in [2.24, 2.45) is 0 Å². The molecule has 0 fully saturated rings. The number of hydrogen-bond donors (Lipinski definition) is 0. The molecule has 0 radical (unpaired) electrons. The molecule has 6 nitrogen and oxygen atoms in total. The van der Waals surface area contributed by atoms with Crippen LogP contribution in [0.25, 0.3) is 0 Å². The van der Waals surface area contributed by atoms with Crippen molar-refractivity contribution in [3.05, 3.63) is 24.3 Å². The van der Waals surface area contributed by atoms with Gasteiger partial charge in [-0.3, -0.25) is 14.4 Å². The lowest BCUT2D eigenvalue weighted by molar-refractivity contribution is -0.167. The highest BCUT2D eigenvalue weighted by molar-refractivity contribution is 5.71. The molecule has 0 saturated carbocycles. The van der Waals surface area contributed by atoms with Crippen LogP contribution in [-0.4, -0.2) is 37.2 Å². The highest BCUT2D eigenvalue weighted by atomic mass is 16.6. The smallest absolute Gasteiger partial charge is 0.306 e. The minimum absolute atomic E-state index is 0.0664. The molecule has 460 valence electrons. The molecule has 0 aromatic heterocycles. The van der Waals surface area contributed by atoms with Crippen molar-refractivity contribution in [1.82, 2.24) is 0 Å². The largest absolute Gasteiger partial charge is 0.462 e. The molecule has 0 aliphatic heterocycles. The molecular weight excluding hydrogens is 961 g/mol. The van der Waals surface area contributed by atoms with Crippen LogP contribution in [-0.2, 0) is 28.6 Å². The van der Waals surface area contributed by atoms with Gasteiger partial charge in [0.25, 0.3) is 0 Å². The van der Waals surface area contributed by atoms with Crippen molar-refractivity contribution in [3.8, 4) is 0 Å². The van der Waals surface area contributed by atoms with Gasteiger partial charge in [-0.2, -0.15) is 0 Å². The van der Waals surface area contributed by atoms with Crippen LogP contribution in [0.5, 0.6) is 0 Å². The Bertz CT molecular complexity index is 1260. The summed E-state index contributed by atoms with van der Waals surface area (Å²) < 4.78 is 17.0. The Hall–Kier alpha value is -2.11. The first kappa shape index (κ1) is 75.9. The molecule has 0 aliphatic carbocycles. The Morgan fingerprint density at radius 2 is 0.462 bits per heavy atom. The molecule has 0 saturated heterocycles. The second-order valence-electron chi connectivity index (χ2n) is 24.2. The van der Waals surface area contributed by atoms with E-state index in [1.807, 2.05) is 0 Å². The molecule has 0 heterocycles. The van der Waals surface area contributed by atoms with Crippen molar-refractivity contribution < 1.29 is 28.6 Å². The van der Waals surface area contributed by atoms with Gasteiger partial charge in [-0.1, -0.05) is 353 Å². The molecule has 0 spiro atoms. The lowest BCUT2D eigenvalue weighted by Gasteiger charge is -2.18. The SMILES string of the molecule is CCCCCCC/C=C\C/C=C\CCCCCCCCCCCC(=O)OC(COC(=O)CCCCCCCCCCCCCCCC)COC(=O)CCCCCCCCCCCCCCCCCCCCCCCCCCC. The molecule has 0 amide bonds. The van der Waals surface area contributed by atoms with Gasteiger partial charge in [0.15, 0.2) is 6.10 Å². The molecule has 6 heteroatoms. The van der Waals surface area contributed by atoms with E-state index in [0.717, 1.165) is 64.2 Å². The number of allylic oxidation sites excluding steroid dienone is 4. The first-order valence-corrected chi connectivity index (χ1v) is 35.3. The van der Waals surface area contributed by atoms with Crippen molar-refractivity contribution in [2.45, 2.75) is 406 Å². The van der Waals surface area contributed by atoms with E-state index in [4.69, 9.17) is 14.2 Å². The van der Waals surface area contributed by atoms with E-state index < -0.39 is 6.10 Å². The van der Waals surface area contributed by atoms with Crippen LogP contribution in [0.1, 0.15) is 400 Å². The summed E-state index contributed by atoms with van der Waals surface area (Å²) in [6.07, 6.45) is 82.0. The lowest BCUT2D eigenvalue weighted by atomic mass is 10.0. The van der Waals surface area contributed by atoms with E-state index in [-0.39, 0.29) is 31.1 Å². The van der Waals surface area contributed by atoms with E-state index in [9.17, 15) is 14.4 Å². The van der Waals surface area contributed by atoms with Crippen LogP contribution in [0.2, 0.25) is 0 Å². The predicted octanol–water partition coefficient (Wildman–Crippen LogP) is 24.2. The third kappa shape index (κ3) is 64.7. The van der Waals surface area contributed by atoms with Gasteiger partial charge in [0, 0.05) is 19.3 Å². The maximum absolute atomic E-state index is 12.9. The second kappa shape index (κ2) is 67.4. The van der Waals surface area contributed by atoms with E-state index in [0.29, 0.717) is 19.3 Å². The number of esters is 3. The molecule has 1 atom stereocenters. The van der Waals surface area contributed by atoms with Crippen LogP contribution >= 0.6 is 0 Å². The lowest BCUT2D eigenvalue weighted by Crippen LogP contribution is -2.30. The van der Waals surface area contributed by atoms with Gasteiger partial charge in [-0.15, -0.1) is 0 Å². The van der Waals surface area contributed by atoms with E-state index in [1.165, 1.54) is 295 Å². The number of hydrogen-bond acceptors (Lipinski definition) is 6. The summed E-state index contributed by atoms with van der Waals surface area (Å²) in [4.78, 5) is 38.4. The number of ether oxygens (including phenoxy) is 3. The maximum Gasteiger partial charge on any atom is 0.306 e. The van der Waals surface area contributed by atoms with Crippen molar-refractivity contribution >= 4 is 17.9 Å². The minimum Gasteiger partial charge on any atom is -0.462 e. The maximum atomic E-state index is 12.9. The molecule has 78 heavy (non-hydrogen) atoms. The summed E-state index contributed by atoms with van der Waals surface area (Å²) in [5.74, 6) is -0.838. The van der Waals surface area contributed by atoms with Gasteiger partial charge in [0.05, 0.1) is 0 Å². The Morgan fingerprint density at radius 3 is 0.705 bits per heavy atom. The van der Waals surface area contributed by atoms with E-state index in [2.05, 4.69) is 45.1 Å². The number of unbranched alkanes of at least 4 members (excludes halogenated alkanes) is 51. The Morgan fingerprint density at radius 1 is 0.256 bits per heavy atom. The second-order valence-corrected chi connectivity index (χ2v) is 24.2. The van der Waals surface area contributed by atoms with Crippen LogP contribution in [0.15, 0.2) is 24.3 Å². The summed E-state index contributed by atoms with van der Waals surface area (Å²) >= 11 is 0. The molecular formula is C72H136O6. The Balaban J connectivity index is 4.24. The van der Waals surface area contributed by atoms with Gasteiger partial charge in [-0.25, -0.2) is 0 Å². The topological polar surface area (TPSA) is 78.9 Å². The third-order valence-electron chi connectivity index (χ3n) is 16.2. The van der Waals surface area contributed by atoms with E-state index >= 15 is 0 Å². The van der Waals surface area contributed by atoms with Crippen LogP contribution in [0.3, 0.4) is 0 Å². The zero-order valence-electron chi connectivity index (χ0n) is 53.0. The fourth-order valence-corrected chi connectivity index (χ4v) is 10.9. The van der Waals surface area contributed by atoms with Gasteiger partial charge in [0.1, 0.15) is 13.2 Å². The van der Waals surface area contributed by atoms with Crippen molar-refractivity contribution in [1.29, 1.82) is 0 Å². The Kier molecular flexibility index (Phi) is 65.6. The molecule has 0 N–H and O–H groups in total. The minimum atomic E-state index is -0.770. The standard InChI is InChI=1S/C72H136O6/c1-4-7-10-13-16-19-22-25-28-30-32-34-35-36-37-39-40-42-44-47-50-53-56-59-62-65-71(74)77-68-69(67-76-70(73)64-61-58-55-52-49-46-27-24-21-18-15-12-9-6-3)78-72(75)66-63-60-57-54-51-48-45-43-41-38-33-31-29-26-23-20-17-14-11-8-5-2/h23,26,31,33,69H,4-22,24-25,27-30,32,34-68H2,1-3H3/b26-23-,33-31-. The van der Waals surface area contributed by atoms with Crippen LogP contribution in [0.4, 0.5) is 0 Å². The summed E-state index contributed by atoms with van der Waals surface area (Å²) in [7, 11) is 0. The van der Waals surface area contributed by atoms with Crippen LogP contribution in [0, 0.1) is 0 Å². The summed E-state index contributed by atoms with van der Waals surface area (Å²) in [6.45, 7) is 6.71. The fraction of sp³-hybridized carbons (Fsp3) is 0.903. The van der Waals surface area contributed by atoms with Gasteiger partial charge in [0.2, 0.25) is 0 Å². The first-order valence-electron chi connectivity index (χ1n) is 35.3. The average molecular weight is 1100 g/mol. The summed E-state index contributed by atoms with van der Waals surface area (Å²) in [6, 6.07) is 0. The highest BCUT2D eigenvalue weighted by Crippen LogP contribution is 2.19. The van der Waals surface area contributed by atoms with Gasteiger partial charge >= 0.3 is 17.9 Å². The molecule has 0 aromatic carbocycles. The third-order valence-corrected chi connectivity index (χ3v) is 16.2. The zero-order valence-corrected chi connectivity index (χ0v) is 53.0. The van der Waals surface area contributed by atoms with Gasteiger partial charge in [-0.05, 0) is 51.4 Å². The van der Waals surface area contributed by atoms with Gasteiger partial charge < -0.3 is 14.2 Å². The number of rotatable bonds is 66. The average Bonchev–Trinajstić information content (AvgIpc) is 3.44. The van der Waals surface area contributed by atoms with Crippen molar-refractivity contribution in [2.75, 3.05) is 13.2 Å². The number of carbonyl (C=O) groups excluding carboxylic acids is 3. The molecule has 1 unspecified atom stereocenters. The molecule has 0 aromatic rings. The molecule has 0 bridgehead atoms. The summed E-state index contributed by atoms with van der Waals surface area (Å²) in [5.41, 5.74) is 0. The fourth-order valence-electron chi connectivity index (χ4n) is 10.9. The zero-order chi connectivity index (χ0) is 56.4. The monoisotopic (exact) mass is 1100 g/mol. The predicted molar refractivity (Wildman–Crippen MR) is 340 cm³/mol. The Labute approximate surface area is 487 Å². The molecule has 0 aliphatic rings. The summed E-state index contributed by atoms with van der Waals surface area (Å²) in [5, 5.41) is 0. The number of carbonyl (C=O) groups is 3. The normalized spacial score (nSPS) is 12.1. The first-order chi connectivity index (χ1) is 38.5. The molecule has 0 rings (SSSR count). The quantitative estimate of drug-likeness (QED) is 0.0261. The van der Waals surface area contributed by atoms with E-state index in [1.54, 1.807) is 0 Å². The van der Waals surface area contributed by atoms with Crippen LogP contribution < -0.4 is 0 Å².